The second kappa shape index (κ2) is 6.62. The van der Waals surface area contributed by atoms with Crippen molar-refractivity contribution in [3.8, 4) is 0 Å². The van der Waals surface area contributed by atoms with Gasteiger partial charge in [0.25, 0.3) is 5.56 Å². The van der Waals surface area contributed by atoms with Crippen molar-refractivity contribution in [2.75, 3.05) is 13.1 Å². The maximum atomic E-state index is 12.8. The Labute approximate surface area is 147 Å². The first-order chi connectivity index (χ1) is 12.2. The molecule has 1 fully saturated rings. The highest BCUT2D eigenvalue weighted by atomic mass is 19.4. The summed E-state index contributed by atoms with van der Waals surface area (Å²) in [5, 5.41) is 4.42. The van der Waals surface area contributed by atoms with Crippen LogP contribution in [0.3, 0.4) is 0 Å². The van der Waals surface area contributed by atoms with Crippen LogP contribution in [0.5, 0.6) is 0 Å². The number of nitrogens with zero attached hydrogens (tertiary/aromatic N) is 4. The van der Waals surface area contributed by atoms with Crippen LogP contribution in [0.25, 0.3) is 0 Å². The topological polar surface area (TPSA) is 60.1 Å². The minimum Gasteiger partial charge on any atom is -0.339 e. The average Bonchev–Trinajstić information content (AvgIpc) is 3.14. The lowest BCUT2D eigenvalue weighted by molar-refractivity contribution is -0.139. The molecule has 0 unspecified atom stereocenters. The Morgan fingerprint density at radius 1 is 1.35 bits per heavy atom. The SMILES string of the molecule is Cc1cc(C)n([C@@H]2CCN(C(=O)Cn3cccc(C(F)(F)F)c3=O)C2)n1. The molecule has 1 atom stereocenters. The van der Waals surface area contributed by atoms with E-state index in [9.17, 15) is 22.8 Å². The van der Waals surface area contributed by atoms with Gasteiger partial charge in [-0.15, -0.1) is 0 Å². The van der Waals surface area contributed by atoms with Gasteiger partial charge in [0, 0.05) is 25.0 Å². The fourth-order valence-electron chi connectivity index (χ4n) is 3.31. The lowest BCUT2D eigenvalue weighted by atomic mass is 10.2. The molecule has 1 aliphatic heterocycles. The zero-order chi connectivity index (χ0) is 19.1. The predicted octanol–water partition coefficient (Wildman–Crippen LogP) is 2.15. The summed E-state index contributed by atoms with van der Waals surface area (Å²) in [4.78, 5) is 26.0. The van der Waals surface area contributed by atoms with Gasteiger partial charge in [-0.25, -0.2) is 0 Å². The first-order valence-corrected chi connectivity index (χ1v) is 8.24. The number of carbonyl (C=O) groups is 1. The summed E-state index contributed by atoms with van der Waals surface area (Å²) in [6.07, 6.45) is -2.83. The molecule has 2 aromatic rings. The second-order valence-corrected chi connectivity index (χ2v) is 6.51. The molecule has 1 saturated heterocycles. The third kappa shape index (κ3) is 3.51. The van der Waals surface area contributed by atoms with Crippen molar-refractivity contribution in [3.63, 3.8) is 0 Å². The first-order valence-electron chi connectivity index (χ1n) is 8.24. The monoisotopic (exact) mass is 368 g/mol. The van der Waals surface area contributed by atoms with Crippen molar-refractivity contribution in [1.29, 1.82) is 0 Å². The van der Waals surface area contributed by atoms with Crippen LogP contribution in [0, 0.1) is 13.8 Å². The first kappa shape index (κ1) is 18.2. The van der Waals surface area contributed by atoms with Gasteiger partial charge >= 0.3 is 6.18 Å². The number of alkyl halides is 3. The molecule has 3 heterocycles. The molecule has 0 spiro atoms. The highest BCUT2D eigenvalue weighted by Gasteiger charge is 2.35. The van der Waals surface area contributed by atoms with E-state index in [1.807, 2.05) is 24.6 Å². The minimum absolute atomic E-state index is 0.0332. The van der Waals surface area contributed by atoms with E-state index in [0.717, 1.165) is 28.1 Å². The molecule has 1 aliphatic rings. The summed E-state index contributed by atoms with van der Waals surface area (Å²) in [5.41, 5.74) is -0.587. The third-order valence-corrected chi connectivity index (χ3v) is 4.54. The van der Waals surface area contributed by atoms with E-state index in [1.54, 1.807) is 4.90 Å². The summed E-state index contributed by atoms with van der Waals surface area (Å²) in [7, 11) is 0. The second-order valence-electron chi connectivity index (χ2n) is 6.51. The van der Waals surface area contributed by atoms with Crippen LogP contribution in [0.2, 0.25) is 0 Å². The maximum absolute atomic E-state index is 12.8. The molecule has 6 nitrogen and oxygen atoms in total. The van der Waals surface area contributed by atoms with Gasteiger partial charge < -0.3 is 9.47 Å². The van der Waals surface area contributed by atoms with E-state index in [1.165, 1.54) is 6.20 Å². The van der Waals surface area contributed by atoms with E-state index in [0.29, 0.717) is 19.5 Å². The van der Waals surface area contributed by atoms with Gasteiger partial charge in [-0.1, -0.05) is 0 Å². The van der Waals surface area contributed by atoms with Crippen LogP contribution in [-0.2, 0) is 17.5 Å². The number of amides is 1. The van der Waals surface area contributed by atoms with Crippen LogP contribution in [-0.4, -0.2) is 38.2 Å². The fourth-order valence-corrected chi connectivity index (χ4v) is 3.31. The Bertz CT molecular complexity index is 885. The molecule has 9 heteroatoms. The van der Waals surface area contributed by atoms with Crippen LogP contribution in [0.15, 0.2) is 29.2 Å². The lowest BCUT2D eigenvalue weighted by Gasteiger charge is -2.18. The molecule has 0 aliphatic carbocycles. The smallest absolute Gasteiger partial charge is 0.339 e. The fraction of sp³-hybridized carbons (Fsp3) is 0.471. The van der Waals surface area contributed by atoms with Crippen molar-refractivity contribution in [1.82, 2.24) is 19.2 Å². The summed E-state index contributed by atoms with van der Waals surface area (Å²) in [5.74, 6) is -0.379. The molecular weight excluding hydrogens is 349 g/mol. The molecule has 1 amide bonds. The minimum atomic E-state index is -4.74. The zero-order valence-corrected chi connectivity index (χ0v) is 14.5. The number of rotatable bonds is 3. The van der Waals surface area contributed by atoms with E-state index < -0.39 is 23.8 Å². The van der Waals surface area contributed by atoms with Gasteiger partial charge in [-0.05, 0) is 38.5 Å². The molecule has 0 N–H and O–H groups in total. The van der Waals surface area contributed by atoms with Gasteiger partial charge in [0.05, 0.1) is 11.7 Å². The zero-order valence-electron chi connectivity index (χ0n) is 14.5. The summed E-state index contributed by atoms with van der Waals surface area (Å²) in [6.45, 7) is 4.32. The standard InChI is InChI=1S/C17H19F3N4O2/c1-11-8-12(2)24(21-11)13-5-7-22(9-13)15(25)10-23-6-3-4-14(16(23)26)17(18,19)20/h3-4,6,8,13H,5,7,9-10H2,1-2H3/t13-/m1/s1. The van der Waals surface area contributed by atoms with Gasteiger partial charge in [-0.2, -0.15) is 18.3 Å². The van der Waals surface area contributed by atoms with E-state index in [-0.39, 0.29) is 11.9 Å². The Kier molecular flexibility index (Phi) is 4.64. The highest BCUT2D eigenvalue weighted by molar-refractivity contribution is 5.76. The average molecular weight is 368 g/mol. The van der Waals surface area contributed by atoms with E-state index in [4.69, 9.17) is 0 Å². The largest absolute Gasteiger partial charge is 0.421 e. The van der Waals surface area contributed by atoms with Gasteiger partial charge in [-0.3, -0.25) is 14.3 Å². The Balaban J connectivity index is 1.72. The maximum Gasteiger partial charge on any atom is 0.421 e. The van der Waals surface area contributed by atoms with Gasteiger partial charge in [0.2, 0.25) is 5.91 Å². The van der Waals surface area contributed by atoms with Crippen LogP contribution < -0.4 is 5.56 Å². The number of carbonyl (C=O) groups excluding carboxylic acids is 1. The van der Waals surface area contributed by atoms with Crippen molar-refractivity contribution in [3.05, 3.63) is 51.7 Å². The number of aromatic nitrogens is 3. The Morgan fingerprint density at radius 3 is 2.69 bits per heavy atom. The predicted molar refractivity (Wildman–Crippen MR) is 87.6 cm³/mol. The number of halogens is 3. The number of hydrogen-bond donors (Lipinski definition) is 0. The quantitative estimate of drug-likeness (QED) is 0.834. The van der Waals surface area contributed by atoms with Crippen molar-refractivity contribution in [2.45, 2.75) is 39.0 Å². The molecule has 140 valence electrons. The van der Waals surface area contributed by atoms with Gasteiger partial charge in [0.15, 0.2) is 0 Å². The van der Waals surface area contributed by atoms with Gasteiger partial charge in [0.1, 0.15) is 12.1 Å². The summed E-state index contributed by atoms with van der Waals surface area (Å²) in [6, 6.07) is 3.83. The van der Waals surface area contributed by atoms with Crippen molar-refractivity contribution >= 4 is 5.91 Å². The molecule has 0 saturated carbocycles. The van der Waals surface area contributed by atoms with Crippen LogP contribution in [0.4, 0.5) is 13.2 Å². The number of aryl methyl sites for hydroxylation is 2. The van der Waals surface area contributed by atoms with Crippen molar-refractivity contribution in [2.24, 2.45) is 0 Å². The molecule has 0 radical (unpaired) electrons. The number of hydrogen-bond acceptors (Lipinski definition) is 3. The Morgan fingerprint density at radius 2 is 2.08 bits per heavy atom. The summed E-state index contributed by atoms with van der Waals surface area (Å²) >= 11 is 0. The Hall–Kier alpha value is -2.58. The molecule has 26 heavy (non-hydrogen) atoms. The van der Waals surface area contributed by atoms with Crippen LogP contribution in [0.1, 0.15) is 29.4 Å². The number of likely N-dealkylation sites (tertiary alicyclic amines) is 1. The molecule has 2 aromatic heterocycles. The molecule has 0 bridgehead atoms. The van der Waals surface area contributed by atoms with E-state index >= 15 is 0 Å². The van der Waals surface area contributed by atoms with Crippen molar-refractivity contribution < 1.29 is 18.0 Å². The van der Waals surface area contributed by atoms with Crippen LogP contribution >= 0.6 is 0 Å². The number of pyridine rings is 1. The highest BCUT2D eigenvalue weighted by Crippen LogP contribution is 2.26. The summed E-state index contributed by atoms with van der Waals surface area (Å²) < 4.78 is 41.2. The molecule has 0 aromatic carbocycles. The van der Waals surface area contributed by atoms with E-state index in [2.05, 4.69) is 5.10 Å². The molecular formula is C17H19F3N4O2. The molecule has 3 rings (SSSR count). The normalized spacial score (nSPS) is 17.7. The lowest BCUT2D eigenvalue weighted by Crippen LogP contribution is -2.37. The third-order valence-electron chi connectivity index (χ3n) is 4.54.